The molecule has 0 spiro atoms. The van der Waals surface area contributed by atoms with Crippen molar-refractivity contribution in [2.45, 2.75) is 6.42 Å². The molecular formula is C10H12FN3O2. The van der Waals surface area contributed by atoms with Crippen molar-refractivity contribution in [3.8, 4) is 0 Å². The fourth-order valence-corrected chi connectivity index (χ4v) is 1.04. The second kappa shape index (κ2) is 5.79. The third-order valence-electron chi connectivity index (χ3n) is 1.86. The van der Waals surface area contributed by atoms with Gasteiger partial charge in [0, 0.05) is 20.0 Å². The molecule has 6 heteroatoms. The van der Waals surface area contributed by atoms with Crippen LogP contribution in [-0.2, 0) is 4.79 Å². The van der Waals surface area contributed by atoms with Crippen LogP contribution in [0.15, 0.2) is 18.2 Å². The van der Waals surface area contributed by atoms with Gasteiger partial charge in [0.05, 0.1) is 0 Å². The lowest BCUT2D eigenvalue weighted by molar-refractivity contribution is -0.120. The van der Waals surface area contributed by atoms with Gasteiger partial charge in [-0.25, -0.2) is 4.98 Å². The largest absolute Gasteiger partial charge is 0.359 e. The van der Waals surface area contributed by atoms with Crippen LogP contribution < -0.4 is 10.6 Å². The summed E-state index contributed by atoms with van der Waals surface area (Å²) in [5, 5.41) is 4.88. The predicted molar refractivity (Wildman–Crippen MR) is 55.2 cm³/mol. The van der Waals surface area contributed by atoms with Gasteiger partial charge in [0.1, 0.15) is 5.69 Å². The Labute approximate surface area is 92.1 Å². The molecule has 1 rings (SSSR count). The van der Waals surface area contributed by atoms with Crippen LogP contribution >= 0.6 is 0 Å². The number of carbonyl (C=O) groups excluding carboxylic acids is 2. The van der Waals surface area contributed by atoms with Gasteiger partial charge in [-0.15, -0.1) is 0 Å². The molecular weight excluding hydrogens is 213 g/mol. The number of amides is 2. The van der Waals surface area contributed by atoms with E-state index in [4.69, 9.17) is 0 Å². The Bertz CT molecular complexity index is 395. The summed E-state index contributed by atoms with van der Waals surface area (Å²) in [5.41, 5.74) is -0.00286. The van der Waals surface area contributed by atoms with Crippen molar-refractivity contribution >= 4 is 11.8 Å². The summed E-state index contributed by atoms with van der Waals surface area (Å²) >= 11 is 0. The summed E-state index contributed by atoms with van der Waals surface area (Å²) in [4.78, 5) is 25.7. The van der Waals surface area contributed by atoms with Gasteiger partial charge in [0.2, 0.25) is 11.9 Å². The van der Waals surface area contributed by atoms with E-state index in [2.05, 4.69) is 15.6 Å². The van der Waals surface area contributed by atoms with Crippen LogP contribution in [0.25, 0.3) is 0 Å². The van der Waals surface area contributed by atoms with Crippen LogP contribution in [0.1, 0.15) is 16.9 Å². The lowest BCUT2D eigenvalue weighted by Gasteiger charge is -2.03. The van der Waals surface area contributed by atoms with E-state index in [1.165, 1.54) is 19.2 Å². The van der Waals surface area contributed by atoms with Gasteiger partial charge in [-0.3, -0.25) is 9.59 Å². The topological polar surface area (TPSA) is 71.1 Å². The standard InChI is InChI=1S/C10H12FN3O2/c1-12-9(15)5-6-13-10(16)7-3-2-4-8(11)14-7/h2-4H,5-6H2,1H3,(H,12,15)(H,13,16). The van der Waals surface area contributed by atoms with Crippen molar-refractivity contribution in [2.75, 3.05) is 13.6 Å². The predicted octanol–water partition coefficient (Wildman–Crippen LogP) is 0.0866. The molecule has 0 aliphatic carbocycles. The highest BCUT2D eigenvalue weighted by molar-refractivity contribution is 5.92. The van der Waals surface area contributed by atoms with Gasteiger partial charge in [-0.1, -0.05) is 6.07 Å². The Morgan fingerprint density at radius 2 is 2.19 bits per heavy atom. The summed E-state index contributed by atoms with van der Waals surface area (Å²) in [6.45, 7) is 0.191. The highest BCUT2D eigenvalue weighted by Gasteiger charge is 2.07. The molecule has 1 aromatic rings. The zero-order valence-corrected chi connectivity index (χ0v) is 8.79. The Morgan fingerprint density at radius 1 is 1.44 bits per heavy atom. The van der Waals surface area contributed by atoms with Crippen LogP contribution in [-0.4, -0.2) is 30.4 Å². The number of pyridine rings is 1. The molecule has 86 valence electrons. The lowest BCUT2D eigenvalue weighted by atomic mass is 10.3. The average molecular weight is 225 g/mol. The number of nitrogens with zero attached hydrogens (tertiary/aromatic N) is 1. The molecule has 0 aliphatic rings. The maximum absolute atomic E-state index is 12.7. The lowest BCUT2D eigenvalue weighted by Crippen LogP contribution is -2.29. The molecule has 1 aromatic heterocycles. The summed E-state index contributed by atoms with van der Waals surface area (Å²) in [7, 11) is 1.51. The van der Waals surface area contributed by atoms with E-state index in [0.29, 0.717) is 0 Å². The number of carbonyl (C=O) groups is 2. The van der Waals surface area contributed by atoms with Crippen molar-refractivity contribution < 1.29 is 14.0 Å². The third-order valence-corrected chi connectivity index (χ3v) is 1.86. The molecule has 0 fully saturated rings. The highest BCUT2D eigenvalue weighted by Crippen LogP contribution is 1.97. The molecule has 2 N–H and O–H groups in total. The molecule has 2 amide bonds. The molecule has 1 heterocycles. The van der Waals surface area contributed by atoms with Gasteiger partial charge in [0.15, 0.2) is 0 Å². The fraction of sp³-hybridized carbons (Fsp3) is 0.300. The molecule has 0 saturated heterocycles. The van der Waals surface area contributed by atoms with Crippen LogP contribution in [0.4, 0.5) is 4.39 Å². The average Bonchev–Trinajstić information content (AvgIpc) is 2.28. The molecule has 5 nitrogen and oxygen atoms in total. The first-order valence-electron chi connectivity index (χ1n) is 4.75. The van der Waals surface area contributed by atoms with E-state index in [0.717, 1.165) is 6.07 Å². The Hall–Kier alpha value is -1.98. The van der Waals surface area contributed by atoms with Gasteiger partial charge < -0.3 is 10.6 Å². The van der Waals surface area contributed by atoms with E-state index < -0.39 is 11.9 Å². The minimum atomic E-state index is -0.709. The van der Waals surface area contributed by atoms with E-state index in [1.807, 2.05) is 0 Å². The minimum Gasteiger partial charge on any atom is -0.359 e. The van der Waals surface area contributed by atoms with E-state index >= 15 is 0 Å². The van der Waals surface area contributed by atoms with Crippen LogP contribution in [0.2, 0.25) is 0 Å². The van der Waals surface area contributed by atoms with Crippen molar-refractivity contribution in [2.24, 2.45) is 0 Å². The molecule has 0 unspecified atom stereocenters. The highest BCUT2D eigenvalue weighted by atomic mass is 19.1. The molecule has 0 aromatic carbocycles. The first-order valence-corrected chi connectivity index (χ1v) is 4.75. The summed E-state index contributed by atoms with van der Waals surface area (Å²) in [6, 6.07) is 3.95. The van der Waals surface area contributed by atoms with Crippen molar-refractivity contribution in [3.05, 3.63) is 29.8 Å². The Balaban J connectivity index is 2.44. The SMILES string of the molecule is CNC(=O)CCNC(=O)c1cccc(F)n1. The fourth-order valence-electron chi connectivity index (χ4n) is 1.04. The van der Waals surface area contributed by atoms with Crippen molar-refractivity contribution in [1.29, 1.82) is 0 Å². The Kier molecular flexibility index (Phi) is 4.38. The second-order valence-electron chi connectivity index (χ2n) is 3.02. The maximum atomic E-state index is 12.7. The molecule has 16 heavy (non-hydrogen) atoms. The van der Waals surface area contributed by atoms with Gasteiger partial charge in [0.25, 0.3) is 5.91 Å². The first kappa shape index (κ1) is 12.1. The number of nitrogens with one attached hydrogen (secondary N) is 2. The number of rotatable bonds is 4. The number of aromatic nitrogens is 1. The quantitative estimate of drug-likeness (QED) is 0.713. The zero-order chi connectivity index (χ0) is 12.0. The van der Waals surface area contributed by atoms with E-state index in [1.54, 1.807) is 0 Å². The monoisotopic (exact) mass is 225 g/mol. The molecule has 0 aliphatic heterocycles. The van der Waals surface area contributed by atoms with Crippen LogP contribution in [0.3, 0.4) is 0 Å². The molecule has 0 atom stereocenters. The summed E-state index contributed by atoms with van der Waals surface area (Å²) in [6.07, 6.45) is 0.178. The van der Waals surface area contributed by atoms with Crippen molar-refractivity contribution in [1.82, 2.24) is 15.6 Å². The van der Waals surface area contributed by atoms with Gasteiger partial charge >= 0.3 is 0 Å². The molecule has 0 radical (unpaired) electrons. The van der Waals surface area contributed by atoms with Crippen molar-refractivity contribution in [3.63, 3.8) is 0 Å². The minimum absolute atomic E-state index is 0.00286. The summed E-state index contributed by atoms with van der Waals surface area (Å²) in [5.74, 6) is -1.38. The second-order valence-corrected chi connectivity index (χ2v) is 3.02. The normalized spacial score (nSPS) is 9.62. The maximum Gasteiger partial charge on any atom is 0.270 e. The van der Waals surface area contributed by atoms with Gasteiger partial charge in [-0.2, -0.15) is 4.39 Å². The third kappa shape index (κ3) is 3.64. The summed E-state index contributed by atoms with van der Waals surface area (Å²) < 4.78 is 12.7. The van der Waals surface area contributed by atoms with Gasteiger partial charge in [-0.05, 0) is 12.1 Å². The zero-order valence-electron chi connectivity index (χ0n) is 8.79. The number of hydrogen-bond donors (Lipinski definition) is 2. The Morgan fingerprint density at radius 3 is 2.81 bits per heavy atom. The molecule has 0 bridgehead atoms. The van der Waals surface area contributed by atoms with Crippen LogP contribution in [0.5, 0.6) is 0 Å². The smallest absolute Gasteiger partial charge is 0.270 e. The molecule has 0 saturated carbocycles. The number of hydrogen-bond acceptors (Lipinski definition) is 3. The number of halogens is 1. The van der Waals surface area contributed by atoms with E-state index in [9.17, 15) is 14.0 Å². The van der Waals surface area contributed by atoms with Crippen LogP contribution in [0, 0.1) is 5.95 Å². The first-order chi connectivity index (χ1) is 7.63. The van der Waals surface area contributed by atoms with E-state index in [-0.39, 0.29) is 24.6 Å².